The van der Waals surface area contributed by atoms with Gasteiger partial charge in [-0.3, -0.25) is 0 Å². The van der Waals surface area contributed by atoms with Gasteiger partial charge in [0.2, 0.25) is 5.75 Å². The second-order valence-electron chi connectivity index (χ2n) is 2.52. The lowest BCUT2D eigenvalue weighted by molar-refractivity contribution is 0.324. The molecule has 0 spiro atoms. The van der Waals surface area contributed by atoms with Crippen LogP contribution in [0.5, 0.6) is 17.2 Å². The first kappa shape index (κ1) is 6.34. The summed E-state index contributed by atoms with van der Waals surface area (Å²) in [5.41, 5.74) is 0.959. The van der Waals surface area contributed by atoms with Crippen LogP contribution in [0, 0.1) is 0 Å². The fourth-order valence-corrected chi connectivity index (χ4v) is 1.22. The molecule has 3 nitrogen and oxygen atoms in total. The number of fused-ring (bicyclic) bond motifs is 1. The van der Waals surface area contributed by atoms with Crippen LogP contribution in [-0.4, -0.2) is 16.8 Å². The fraction of sp³-hybridized carbons (Fsp3) is 0.250. The number of rotatable bonds is 0. The van der Waals surface area contributed by atoms with Crippen molar-refractivity contribution in [2.45, 2.75) is 6.42 Å². The molecule has 0 fully saturated rings. The molecule has 3 heteroatoms. The molecule has 0 unspecified atom stereocenters. The van der Waals surface area contributed by atoms with E-state index in [9.17, 15) is 5.11 Å². The average molecular weight is 152 g/mol. The van der Waals surface area contributed by atoms with Crippen LogP contribution in [0.4, 0.5) is 0 Å². The Morgan fingerprint density at radius 2 is 2.09 bits per heavy atom. The van der Waals surface area contributed by atoms with Crippen LogP contribution in [-0.2, 0) is 6.42 Å². The molecule has 0 radical (unpaired) electrons. The first-order valence-electron chi connectivity index (χ1n) is 3.45. The van der Waals surface area contributed by atoms with Crippen LogP contribution in [0.3, 0.4) is 0 Å². The summed E-state index contributed by atoms with van der Waals surface area (Å²) in [4.78, 5) is 0. The minimum absolute atomic E-state index is 0.120. The fourth-order valence-electron chi connectivity index (χ4n) is 1.22. The lowest BCUT2D eigenvalue weighted by atomic mass is 10.1. The van der Waals surface area contributed by atoms with Gasteiger partial charge in [0, 0.05) is 12.0 Å². The maximum Gasteiger partial charge on any atom is 0.200 e. The highest BCUT2D eigenvalue weighted by molar-refractivity contribution is 5.55. The highest BCUT2D eigenvalue weighted by atomic mass is 16.5. The van der Waals surface area contributed by atoms with Gasteiger partial charge in [-0.2, -0.15) is 0 Å². The highest BCUT2D eigenvalue weighted by Crippen LogP contribution is 2.40. The van der Waals surface area contributed by atoms with Gasteiger partial charge in [-0.25, -0.2) is 0 Å². The van der Waals surface area contributed by atoms with Gasteiger partial charge in [-0.1, -0.05) is 6.07 Å². The maximum atomic E-state index is 9.24. The van der Waals surface area contributed by atoms with Crippen LogP contribution in [0.2, 0.25) is 0 Å². The largest absolute Gasteiger partial charge is 0.504 e. The molecule has 11 heavy (non-hydrogen) atoms. The van der Waals surface area contributed by atoms with Crippen molar-refractivity contribution < 1.29 is 14.9 Å². The van der Waals surface area contributed by atoms with E-state index < -0.39 is 0 Å². The van der Waals surface area contributed by atoms with E-state index in [1.54, 1.807) is 6.07 Å². The van der Waals surface area contributed by atoms with Gasteiger partial charge in [0.1, 0.15) is 0 Å². The first-order valence-corrected chi connectivity index (χ1v) is 3.45. The first-order chi connectivity index (χ1) is 5.29. The Bertz CT molecular complexity index is 294. The number of hydrogen-bond acceptors (Lipinski definition) is 3. The summed E-state index contributed by atoms with van der Waals surface area (Å²) in [5.74, 6) is 0.177. The van der Waals surface area contributed by atoms with Gasteiger partial charge in [-0.15, -0.1) is 0 Å². The molecule has 0 aliphatic carbocycles. The van der Waals surface area contributed by atoms with E-state index in [0.717, 1.165) is 12.0 Å². The molecule has 0 aromatic heterocycles. The zero-order valence-corrected chi connectivity index (χ0v) is 5.87. The Morgan fingerprint density at radius 1 is 1.27 bits per heavy atom. The molecule has 1 aromatic rings. The van der Waals surface area contributed by atoms with Crippen LogP contribution >= 0.6 is 0 Å². The molecule has 2 rings (SSSR count). The van der Waals surface area contributed by atoms with Gasteiger partial charge < -0.3 is 14.9 Å². The van der Waals surface area contributed by atoms with Crippen LogP contribution in [0.25, 0.3) is 0 Å². The summed E-state index contributed by atoms with van der Waals surface area (Å²) in [5, 5.41) is 18.3. The van der Waals surface area contributed by atoms with Gasteiger partial charge in [0.25, 0.3) is 0 Å². The molecule has 58 valence electrons. The molecular formula is C8H8O3. The summed E-state index contributed by atoms with van der Waals surface area (Å²) in [7, 11) is 0. The Hall–Kier alpha value is -1.38. The van der Waals surface area contributed by atoms with E-state index in [4.69, 9.17) is 9.84 Å². The predicted octanol–water partition coefficient (Wildman–Crippen LogP) is 1.03. The van der Waals surface area contributed by atoms with E-state index in [-0.39, 0.29) is 11.5 Å². The highest BCUT2D eigenvalue weighted by Gasteiger charge is 2.18. The Balaban J connectivity index is 2.62. The van der Waals surface area contributed by atoms with Gasteiger partial charge in [0.15, 0.2) is 11.5 Å². The number of hydrogen-bond donors (Lipinski definition) is 2. The number of ether oxygens (including phenoxy) is 1. The lowest BCUT2D eigenvalue weighted by Gasteiger charge is -2.02. The molecular weight excluding hydrogens is 144 g/mol. The molecule has 0 bridgehead atoms. The van der Waals surface area contributed by atoms with Gasteiger partial charge in [-0.05, 0) is 6.07 Å². The van der Waals surface area contributed by atoms with Crippen molar-refractivity contribution in [3.05, 3.63) is 17.7 Å². The number of aromatic hydroxyl groups is 2. The third kappa shape index (κ3) is 0.808. The minimum atomic E-state index is -0.139. The Labute approximate surface area is 63.9 Å². The zero-order chi connectivity index (χ0) is 7.84. The molecule has 1 aromatic carbocycles. The average Bonchev–Trinajstić information content (AvgIpc) is 2.45. The number of benzene rings is 1. The Kier molecular flexibility index (Phi) is 1.18. The summed E-state index contributed by atoms with van der Waals surface area (Å²) >= 11 is 0. The standard InChI is InChI=1S/C8H8O3/c9-6-2-1-5-3-4-11-8(5)7(6)10/h1-2,9-10H,3-4H2. The number of phenolic OH excluding ortho intramolecular Hbond substituents is 2. The van der Waals surface area contributed by atoms with Crippen molar-refractivity contribution in [1.29, 1.82) is 0 Å². The molecule has 1 aliphatic rings. The topological polar surface area (TPSA) is 49.7 Å². The molecule has 0 saturated heterocycles. The quantitative estimate of drug-likeness (QED) is 0.546. The van der Waals surface area contributed by atoms with E-state index in [1.807, 2.05) is 0 Å². The lowest BCUT2D eigenvalue weighted by Crippen LogP contribution is -1.86. The van der Waals surface area contributed by atoms with Crippen LogP contribution in [0.1, 0.15) is 5.56 Å². The van der Waals surface area contributed by atoms with Crippen molar-refractivity contribution >= 4 is 0 Å². The minimum Gasteiger partial charge on any atom is -0.504 e. The third-order valence-corrected chi connectivity index (χ3v) is 1.81. The molecule has 0 atom stereocenters. The number of phenols is 2. The molecule has 2 N–H and O–H groups in total. The second kappa shape index (κ2) is 2.05. The zero-order valence-electron chi connectivity index (χ0n) is 5.87. The van der Waals surface area contributed by atoms with E-state index in [2.05, 4.69) is 0 Å². The molecule has 0 saturated carbocycles. The van der Waals surface area contributed by atoms with Crippen molar-refractivity contribution in [3.63, 3.8) is 0 Å². The molecule has 1 heterocycles. The molecule has 1 aliphatic heterocycles. The van der Waals surface area contributed by atoms with Crippen LogP contribution in [0.15, 0.2) is 12.1 Å². The van der Waals surface area contributed by atoms with Crippen molar-refractivity contribution in [2.75, 3.05) is 6.61 Å². The van der Waals surface area contributed by atoms with E-state index in [1.165, 1.54) is 6.07 Å². The summed E-state index contributed by atoms with van der Waals surface area (Å²) in [6, 6.07) is 3.24. The smallest absolute Gasteiger partial charge is 0.200 e. The van der Waals surface area contributed by atoms with E-state index >= 15 is 0 Å². The van der Waals surface area contributed by atoms with Crippen molar-refractivity contribution in [1.82, 2.24) is 0 Å². The third-order valence-electron chi connectivity index (χ3n) is 1.81. The van der Waals surface area contributed by atoms with E-state index in [0.29, 0.717) is 12.4 Å². The summed E-state index contributed by atoms with van der Waals surface area (Å²) in [6.07, 6.45) is 0.809. The SMILES string of the molecule is Oc1ccc2c(c1O)OCC2. The Morgan fingerprint density at radius 3 is 2.91 bits per heavy atom. The van der Waals surface area contributed by atoms with Crippen LogP contribution < -0.4 is 4.74 Å². The van der Waals surface area contributed by atoms with Gasteiger partial charge in [0.05, 0.1) is 6.61 Å². The predicted molar refractivity (Wildman–Crippen MR) is 39.0 cm³/mol. The second-order valence-corrected chi connectivity index (χ2v) is 2.52. The van der Waals surface area contributed by atoms with Crippen molar-refractivity contribution in [3.8, 4) is 17.2 Å². The molecule has 0 amide bonds. The summed E-state index contributed by atoms with van der Waals surface area (Å²) in [6.45, 7) is 0.590. The summed E-state index contributed by atoms with van der Waals surface area (Å²) < 4.78 is 5.10. The van der Waals surface area contributed by atoms with Gasteiger partial charge >= 0.3 is 0 Å². The monoisotopic (exact) mass is 152 g/mol. The normalized spacial score (nSPS) is 14.2. The van der Waals surface area contributed by atoms with Crippen molar-refractivity contribution in [2.24, 2.45) is 0 Å². The maximum absolute atomic E-state index is 9.24.